The Balaban J connectivity index is 1.32. The van der Waals surface area contributed by atoms with Crippen LogP contribution in [-0.2, 0) is 19.3 Å². The van der Waals surface area contributed by atoms with E-state index in [0.29, 0.717) is 6.42 Å². The molecule has 1 aliphatic carbocycles. The molecule has 3 aromatic carbocycles. The molecule has 162 valence electrons. The van der Waals surface area contributed by atoms with Crippen molar-refractivity contribution < 1.29 is 4.39 Å². The molecule has 0 aliphatic heterocycles. The first kappa shape index (κ1) is 21.8. The molecule has 1 fully saturated rings. The van der Waals surface area contributed by atoms with Gasteiger partial charge in [0.15, 0.2) is 0 Å². The van der Waals surface area contributed by atoms with Crippen LogP contribution in [0.5, 0.6) is 0 Å². The van der Waals surface area contributed by atoms with Crippen molar-refractivity contribution in [3.8, 4) is 11.1 Å². The average molecular weight is 415 g/mol. The van der Waals surface area contributed by atoms with E-state index in [-0.39, 0.29) is 6.67 Å². The van der Waals surface area contributed by atoms with E-state index in [2.05, 4.69) is 79.7 Å². The highest BCUT2D eigenvalue weighted by Gasteiger charge is 2.21. The van der Waals surface area contributed by atoms with Crippen LogP contribution in [0.4, 0.5) is 4.39 Å². The number of aryl methyl sites for hydroxylation is 3. The topological polar surface area (TPSA) is 0 Å². The summed E-state index contributed by atoms with van der Waals surface area (Å²) in [4.78, 5) is 0. The lowest BCUT2D eigenvalue weighted by molar-refractivity contribution is 0.319. The fourth-order valence-electron chi connectivity index (χ4n) is 4.99. The Hall–Kier alpha value is -2.41. The van der Waals surface area contributed by atoms with Crippen LogP contribution >= 0.6 is 0 Å². The van der Waals surface area contributed by atoms with E-state index in [1.165, 1.54) is 59.9 Å². The normalized spacial score (nSPS) is 18.8. The van der Waals surface area contributed by atoms with Gasteiger partial charge in [0.2, 0.25) is 0 Å². The number of rotatable bonds is 8. The average Bonchev–Trinajstić information content (AvgIpc) is 2.84. The highest BCUT2D eigenvalue weighted by molar-refractivity contribution is 5.64. The van der Waals surface area contributed by atoms with Gasteiger partial charge in [-0.1, -0.05) is 86.1 Å². The summed E-state index contributed by atoms with van der Waals surface area (Å²) in [6.07, 6.45) is 9.40. The van der Waals surface area contributed by atoms with E-state index >= 15 is 0 Å². The molecule has 0 radical (unpaired) electrons. The van der Waals surface area contributed by atoms with E-state index in [1.807, 2.05) is 0 Å². The van der Waals surface area contributed by atoms with Crippen molar-refractivity contribution in [2.75, 3.05) is 6.67 Å². The second kappa shape index (κ2) is 10.8. The SMILES string of the molecule is CCC1CCC(c2ccc(-c3ccc(CCc4ccc(CCF)cc4)cc3)cc2)CC1. The molecule has 0 nitrogen and oxygen atoms in total. The third-order valence-electron chi connectivity index (χ3n) is 7.20. The lowest BCUT2D eigenvalue weighted by Gasteiger charge is -2.28. The molecule has 0 saturated heterocycles. The van der Waals surface area contributed by atoms with Crippen LogP contribution in [0.15, 0.2) is 72.8 Å². The molecule has 4 rings (SSSR count). The molecule has 0 bridgehead atoms. The van der Waals surface area contributed by atoms with Gasteiger partial charge in [-0.15, -0.1) is 0 Å². The molecule has 0 heterocycles. The molecule has 1 aliphatic rings. The molecule has 0 spiro atoms. The monoisotopic (exact) mass is 414 g/mol. The largest absolute Gasteiger partial charge is 0.251 e. The number of alkyl halides is 1. The summed E-state index contributed by atoms with van der Waals surface area (Å²) in [5.74, 6) is 1.71. The standard InChI is InChI=1S/C30H35F/c1-2-23-9-13-27(14-10-23)29-17-19-30(20-18-29)28-15-11-25(12-16-28)4-3-24-5-7-26(8-6-24)21-22-31/h5-8,11-12,15-20,23,27H,2-4,9-10,13-14,21-22H2,1H3. The molecular formula is C30H35F. The first-order chi connectivity index (χ1) is 15.2. The van der Waals surface area contributed by atoms with Gasteiger partial charge in [-0.25, -0.2) is 0 Å². The molecule has 0 N–H and O–H groups in total. The Kier molecular flexibility index (Phi) is 7.57. The zero-order valence-electron chi connectivity index (χ0n) is 18.8. The summed E-state index contributed by atoms with van der Waals surface area (Å²) in [5.41, 5.74) is 7.88. The van der Waals surface area contributed by atoms with Gasteiger partial charge in [-0.3, -0.25) is 4.39 Å². The molecule has 0 amide bonds. The van der Waals surface area contributed by atoms with Gasteiger partial charge in [0, 0.05) is 6.42 Å². The summed E-state index contributed by atoms with van der Waals surface area (Å²) >= 11 is 0. The van der Waals surface area contributed by atoms with Crippen LogP contribution in [0, 0.1) is 5.92 Å². The third-order valence-corrected chi connectivity index (χ3v) is 7.20. The van der Waals surface area contributed by atoms with Gasteiger partial charge >= 0.3 is 0 Å². The molecule has 1 saturated carbocycles. The molecule has 31 heavy (non-hydrogen) atoms. The third kappa shape index (κ3) is 5.85. The Morgan fingerprint density at radius 1 is 0.613 bits per heavy atom. The Bertz CT molecular complexity index is 914. The van der Waals surface area contributed by atoms with Crippen LogP contribution in [0.2, 0.25) is 0 Å². The van der Waals surface area contributed by atoms with E-state index < -0.39 is 0 Å². The summed E-state index contributed by atoms with van der Waals surface area (Å²) in [6, 6.07) is 26.7. The number of hydrogen-bond donors (Lipinski definition) is 0. The van der Waals surface area contributed by atoms with Gasteiger partial charge in [0.05, 0.1) is 6.67 Å². The van der Waals surface area contributed by atoms with Gasteiger partial charge in [-0.05, 0) is 83.7 Å². The van der Waals surface area contributed by atoms with Crippen LogP contribution in [0.25, 0.3) is 11.1 Å². The predicted octanol–water partition coefficient (Wildman–Crippen LogP) is 8.33. The first-order valence-corrected chi connectivity index (χ1v) is 12.1. The van der Waals surface area contributed by atoms with Crippen molar-refractivity contribution in [1.82, 2.24) is 0 Å². The van der Waals surface area contributed by atoms with Crippen molar-refractivity contribution in [3.05, 3.63) is 95.1 Å². The van der Waals surface area contributed by atoms with Crippen molar-refractivity contribution in [2.45, 2.75) is 64.2 Å². The van der Waals surface area contributed by atoms with Crippen LogP contribution < -0.4 is 0 Å². The van der Waals surface area contributed by atoms with Crippen LogP contribution in [0.1, 0.15) is 67.2 Å². The van der Waals surface area contributed by atoms with Gasteiger partial charge in [0.25, 0.3) is 0 Å². The molecule has 3 aromatic rings. The lowest BCUT2D eigenvalue weighted by atomic mass is 9.77. The maximum absolute atomic E-state index is 12.4. The second-order valence-electron chi connectivity index (χ2n) is 9.20. The van der Waals surface area contributed by atoms with Gasteiger partial charge in [-0.2, -0.15) is 0 Å². The molecule has 1 heteroatoms. The molecule has 0 atom stereocenters. The fourth-order valence-corrected chi connectivity index (χ4v) is 4.99. The number of benzene rings is 3. The Morgan fingerprint density at radius 2 is 1.06 bits per heavy atom. The van der Waals surface area contributed by atoms with E-state index in [0.717, 1.165) is 30.2 Å². The van der Waals surface area contributed by atoms with Crippen LogP contribution in [-0.4, -0.2) is 6.67 Å². The fraction of sp³-hybridized carbons (Fsp3) is 0.400. The smallest absolute Gasteiger partial charge is 0.0934 e. The molecule has 0 aromatic heterocycles. The zero-order chi connectivity index (χ0) is 21.5. The van der Waals surface area contributed by atoms with Crippen LogP contribution in [0.3, 0.4) is 0 Å². The summed E-state index contributed by atoms with van der Waals surface area (Å²) in [5, 5.41) is 0. The quantitative estimate of drug-likeness (QED) is 0.347. The lowest BCUT2D eigenvalue weighted by Crippen LogP contribution is -2.12. The van der Waals surface area contributed by atoms with Crippen molar-refractivity contribution in [1.29, 1.82) is 0 Å². The zero-order valence-corrected chi connectivity index (χ0v) is 18.8. The van der Waals surface area contributed by atoms with E-state index in [9.17, 15) is 4.39 Å². The minimum absolute atomic E-state index is 0.283. The van der Waals surface area contributed by atoms with Crippen molar-refractivity contribution in [2.24, 2.45) is 5.92 Å². The Morgan fingerprint density at radius 3 is 1.55 bits per heavy atom. The van der Waals surface area contributed by atoms with Gasteiger partial charge < -0.3 is 0 Å². The number of hydrogen-bond acceptors (Lipinski definition) is 0. The molecular weight excluding hydrogens is 379 g/mol. The van der Waals surface area contributed by atoms with E-state index in [1.54, 1.807) is 0 Å². The second-order valence-corrected chi connectivity index (χ2v) is 9.20. The highest BCUT2D eigenvalue weighted by atomic mass is 19.1. The Labute approximate surface area is 187 Å². The number of halogens is 1. The highest BCUT2D eigenvalue weighted by Crippen LogP contribution is 2.37. The summed E-state index contributed by atoms with van der Waals surface area (Å²) < 4.78 is 12.4. The first-order valence-electron chi connectivity index (χ1n) is 12.1. The predicted molar refractivity (Wildman–Crippen MR) is 130 cm³/mol. The van der Waals surface area contributed by atoms with Crippen molar-refractivity contribution >= 4 is 0 Å². The minimum Gasteiger partial charge on any atom is -0.251 e. The van der Waals surface area contributed by atoms with E-state index in [4.69, 9.17) is 0 Å². The van der Waals surface area contributed by atoms with Gasteiger partial charge in [0.1, 0.15) is 0 Å². The van der Waals surface area contributed by atoms with Crippen molar-refractivity contribution in [3.63, 3.8) is 0 Å². The molecule has 0 unspecified atom stereocenters. The maximum atomic E-state index is 12.4. The summed E-state index contributed by atoms with van der Waals surface area (Å²) in [6.45, 7) is 2.05. The minimum atomic E-state index is -0.283. The maximum Gasteiger partial charge on any atom is 0.0934 e. The summed E-state index contributed by atoms with van der Waals surface area (Å²) in [7, 11) is 0.